The van der Waals surface area contributed by atoms with Gasteiger partial charge in [-0.05, 0) is 37.2 Å². The topological polar surface area (TPSA) is 40.9 Å². The van der Waals surface area contributed by atoms with Gasteiger partial charge in [0.25, 0.3) is 0 Å². The number of benzene rings is 1. The van der Waals surface area contributed by atoms with Crippen LogP contribution in [0.2, 0.25) is 0 Å². The van der Waals surface area contributed by atoms with Gasteiger partial charge in [0.05, 0.1) is 6.07 Å². The first-order valence-corrected chi connectivity index (χ1v) is 6.62. The minimum absolute atomic E-state index is 0.00680. The van der Waals surface area contributed by atoms with E-state index in [1.54, 1.807) is 0 Å². The van der Waals surface area contributed by atoms with Crippen LogP contribution >= 0.6 is 0 Å². The van der Waals surface area contributed by atoms with Crippen molar-refractivity contribution in [2.75, 3.05) is 0 Å². The molecular formula is C16H19NO. The minimum Gasteiger partial charge on any atom is -0.292 e. The standard InChI is InChI=1S/C16H19NO/c1-12(2)10-13-4-6-14(7-5-13)15(18)16(11-17)8-3-9-16/h4-7,12H,3,8-10H2,1-2H3. The molecule has 0 saturated heterocycles. The summed E-state index contributed by atoms with van der Waals surface area (Å²) in [4.78, 5) is 12.3. The van der Waals surface area contributed by atoms with Gasteiger partial charge in [-0.15, -0.1) is 0 Å². The molecule has 0 heterocycles. The van der Waals surface area contributed by atoms with Crippen LogP contribution in [0.25, 0.3) is 0 Å². The average Bonchev–Trinajstić information content (AvgIpc) is 2.28. The summed E-state index contributed by atoms with van der Waals surface area (Å²) in [6.07, 6.45) is 3.45. The van der Waals surface area contributed by atoms with Gasteiger partial charge in [0.2, 0.25) is 0 Å². The lowest BCUT2D eigenvalue weighted by Crippen LogP contribution is -2.36. The smallest absolute Gasteiger partial charge is 0.183 e. The van der Waals surface area contributed by atoms with Crippen molar-refractivity contribution in [3.05, 3.63) is 35.4 Å². The third kappa shape index (κ3) is 2.31. The van der Waals surface area contributed by atoms with E-state index in [2.05, 4.69) is 19.9 Å². The lowest BCUT2D eigenvalue weighted by atomic mass is 9.65. The molecule has 0 bridgehead atoms. The van der Waals surface area contributed by atoms with Crippen LogP contribution < -0.4 is 0 Å². The minimum atomic E-state index is -0.723. The van der Waals surface area contributed by atoms with Gasteiger partial charge in [0.1, 0.15) is 5.41 Å². The van der Waals surface area contributed by atoms with Gasteiger partial charge in [0, 0.05) is 5.56 Å². The molecule has 0 aliphatic heterocycles. The van der Waals surface area contributed by atoms with Crippen LogP contribution in [0, 0.1) is 22.7 Å². The third-order valence-corrected chi connectivity index (χ3v) is 3.72. The number of carbonyl (C=O) groups is 1. The Balaban J connectivity index is 2.15. The molecule has 0 atom stereocenters. The molecule has 94 valence electrons. The van der Waals surface area contributed by atoms with E-state index in [0.717, 1.165) is 25.7 Å². The first kappa shape index (κ1) is 12.8. The van der Waals surface area contributed by atoms with Gasteiger partial charge in [0.15, 0.2) is 5.78 Å². The van der Waals surface area contributed by atoms with E-state index in [0.29, 0.717) is 11.5 Å². The number of rotatable bonds is 4. The van der Waals surface area contributed by atoms with Gasteiger partial charge in [-0.2, -0.15) is 5.26 Å². The summed E-state index contributed by atoms with van der Waals surface area (Å²) in [5, 5.41) is 9.17. The average molecular weight is 241 g/mol. The molecule has 0 aromatic heterocycles. The van der Waals surface area contributed by atoms with Gasteiger partial charge < -0.3 is 0 Å². The van der Waals surface area contributed by atoms with Crippen molar-refractivity contribution in [2.45, 2.75) is 39.5 Å². The maximum absolute atomic E-state index is 12.3. The Labute approximate surface area is 109 Å². The van der Waals surface area contributed by atoms with E-state index in [4.69, 9.17) is 0 Å². The van der Waals surface area contributed by atoms with E-state index in [1.807, 2.05) is 24.3 Å². The highest BCUT2D eigenvalue weighted by Crippen LogP contribution is 2.42. The predicted octanol–water partition coefficient (Wildman–Crippen LogP) is 3.76. The Morgan fingerprint density at radius 3 is 2.33 bits per heavy atom. The molecule has 1 aromatic carbocycles. The van der Waals surface area contributed by atoms with Crippen LogP contribution in [0.5, 0.6) is 0 Å². The largest absolute Gasteiger partial charge is 0.292 e. The van der Waals surface area contributed by atoms with E-state index < -0.39 is 5.41 Å². The Bertz CT molecular complexity index is 475. The van der Waals surface area contributed by atoms with Crippen LogP contribution in [0.4, 0.5) is 0 Å². The molecule has 1 aliphatic rings. The van der Waals surface area contributed by atoms with Crippen molar-refractivity contribution in [1.82, 2.24) is 0 Å². The maximum atomic E-state index is 12.3. The zero-order valence-electron chi connectivity index (χ0n) is 11.1. The summed E-state index contributed by atoms with van der Waals surface area (Å²) < 4.78 is 0. The molecule has 0 radical (unpaired) electrons. The molecule has 0 unspecified atom stereocenters. The highest BCUT2D eigenvalue weighted by atomic mass is 16.1. The highest BCUT2D eigenvalue weighted by molar-refractivity contribution is 6.02. The molecule has 0 spiro atoms. The van der Waals surface area contributed by atoms with Crippen molar-refractivity contribution in [2.24, 2.45) is 11.3 Å². The lowest BCUT2D eigenvalue weighted by Gasteiger charge is -2.33. The second kappa shape index (κ2) is 4.94. The zero-order valence-corrected chi connectivity index (χ0v) is 11.1. The van der Waals surface area contributed by atoms with Crippen LogP contribution in [0.3, 0.4) is 0 Å². The molecular weight excluding hydrogens is 222 g/mol. The second-order valence-corrected chi connectivity index (χ2v) is 5.67. The number of hydrogen-bond donors (Lipinski definition) is 0. The van der Waals surface area contributed by atoms with Gasteiger partial charge in [-0.1, -0.05) is 38.1 Å². The van der Waals surface area contributed by atoms with Crippen LogP contribution in [-0.2, 0) is 6.42 Å². The summed E-state index contributed by atoms with van der Waals surface area (Å²) in [5.41, 5.74) is 1.21. The first-order chi connectivity index (χ1) is 8.57. The molecule has 2 heteroatoms. The number of ketones is 1. The van der Waals surface area contributed by atoms with Crippen LogP contribution in [-0.4, -0.2) is 5.78 Å². The predicted molar refractivity (Wildman–Crippen MR) is 71.2 cm³/mol. The number of carbonyl (C=O) groups excluding carboxylic acids is 1. The fourth-order valence-corrected chi connectivity index (χ4v) is 2.46. The summed E-state index contributed by atoms with van der Waals surface area (Å²) in [7, 11) is 0. The molecule has 2 nitrogen and oxygen atoms in total. The fraction of sp³-hybridized carbons (Fsp3) is 0.500. The van der Waals surface area contributed by atoms with Gasteiger partial charge in [-0.25, -0.2) is 0 Å². The van der Waals surface area contributed by atoms with E-state index >= 15 is 0 Å². The SMILES string of the molecule is CC(C)Cc1ccc(C(=O)C2(C#N)CCC2)cc1. The summed E-state index contributed by atoms with van der Waals surface area (Å²) in [6, 6.07) is 9.98. The molecule has 0 N–H and O–H groups in total. The van der Waals surface area contributed by atoms with E-state index in [-0.39, 0.29) is 5.78 Å². The van der Waals surface area contributed by atoms with Gasteiger partial charge >= 0.3 is 0 Å². The van der Waals surface area contributed by atoms with Crippen molar-refractivity contribution in [3.63, 3.8) is 0 Å². The van der Waals surface area contributed by atoms with Gasteiger partial charge in [-0.3, -0.25) is 4.79 Å². The lowest BCUT2D eigenvalue weighted by molar-refractivity contribution is 0.0748. The number of Topliss-reactive ketones (excluding diaryl/α,β-unsaturated/α-hetero) is 1. The van der Waals surface area contributed by atoms with Crippen LogP contribution in [0.15, 0.2) is 24.3 Å². The van der Waals surface area contributed by atoms with Crippen molar-refractivity contribution >= 4 is 5.78 Å². The first-order valence-electron chi connectivity index (χ1n) is 6.62. The number of nitrogens with zero attached hydrogens (tertiary/aromatic N) is 1. The maximum Gasteiger partial charge on any atom is 0.183 e. The monoisotopic (exact) mass is 241 g/mol. The fourth-order valence-electron chi connectivity index (χ4n) is 2.46. The normalized spacial score (nSPS) is 17.0. The number of nitriles is 1. The molecule has 0 amide bonds. The van der Waals surface area contributed by atoms with Crippen molar-refractivity contribution in [3.8, 4) is 6.07 Å². The van der Waals surface area contributed by atoms with E-state index in [9.17, 15) is 10.1 Å². The molecule has 1 fully saturated rings. The zero-order chi connectivity index (χ0) is 13.2. The third-order valence-electron chi connectivity index (χ3n) is 3.72. The Morgan fingerprint density at radius 1 is 1.33 bits per heavy atom. The Hall–Kier alpha value is -1.62. The molecule has 1 aliphatic carbocycles. The van der Waals surface area contributed by atoms with Crippen molar-refractivity contribution < 1.29 is 4.79 Å². The summed E-state index contributed by atoms with van der Waals surface area (Å²) in [5.74, 6) is 0.621. The van der Waals surface area contributed by atoms with Crippen LogP contribution in [0.1, 0.15) is 49.0 Å². The Morgan fingerprint density at radius 2 is 1.94 bits per heavy atom. The Kier molecular flexibility index (Phi) is 3.52. The quantitative estimate of drug-likeness (QED) is 0.753. The van der Waals surface area contributed by atoms with E-state index in [1.165, 1.54) is 5.56 Å². The second-order valence-electron chi connectivity index (χ2n) is 5.67. The van der Waals surface area contributed by atoms with Crippen molar-refractivity contribution in [1.29, 1.82) is 5.26 Å². The molecule has 2 rings (SSSR count). The molecule has 1 saturated carbocycles. The molecule has 18 heavy (non-hydrogen) atoms. The highest BCUT2D eigenvalue weighted by Gasteiger charge is 2.44. The molecule has 1 aromatic rings. The summed E-state index contributed by atoms with van der Waals surface area (Å²) in [6.45, 7) is 4.36. The number of hydrogen-bond acceptors (Lipinski definition) is 2. The summed E-state index contributed by atoms with van der Waals surface area (Å²) >= 11 is 0.